The number of esters is 3. The maximum absolute atomic E-state index is 13.0. The van der Waals surface area contributed by atoms with Gasteiger partial charge in [0.05, 0.1) is 0 Å². The van der Waals surface area contributed by atoms with E-state index in [9.17, 15) is 14.4 Å². The minimum absolute atomic E-state index is 0.103. The van der Waals surface area contributed by atoms with Gasteiger partial charge in [0.1, 0.15) is 13.2 Å². The molecule has 0 fully saturated rings. The van der Waals surface area contributed by atoms with E-state index in [1.165, 1.54) is 141 Å². The highest BCUT2D eigenvalue weighted by molar-refractivity contribution is 5.71. The Balaban J connectivity index is 4.50. The van der Waals surface area contributed by atoms with Gasteiger partial charge in [-0.25, -0.2) is 0 Å². The third-order valence-corrected chi connectivity index (χ3v) is 14.3. The van der Waals surface area contributed by atoms with E-state index in [1.54, 1.807) is 0 Å². The van der Waals surface area contributed by atoms with Gasteiger partial charge in [-0.05, 0) is 135 Å². The van der Waals surface area contributed by atoms with Crippen LogP contribution in [0, 0.1) is 0 Å². The second-order valence-electron chi connectivity index (χ2n) is 22.3. The van der Waals surface area contributed by atoms with Crippen LogP contribution in [-0.2, 0) is 28.6 Å². The zero-order chi connectivity index (χ0) is 59.9. The van der Waals surface area contributed by atoms with Crippen LogP contribution in [0.25, 0.3) is 0 Å². The fourth-order valence-electron chi connectivity index (χ4n) is 9.24. The van der Waals surface area contributed by atoms with Gasteiger partial charge in [-0.15, -0.1) is 0 Å². The summed E-state index contributed by atoms with van der Waals surface area (Å²) in [5, 5.41) is 0. The molecule has 1 atom stereocenters. The van der Waals surface area contributed by atoms with Crippen molar-refractivity contribution in [3.05, 3.63) is 146 Å². The lowest BCUT2D eigenvalue weighted by molar-refractivity contribution is -0.167. The molecule has 0 amide bonds. The summed E-state index contributed by atoms with van der Waals surface area (Å²) in [5.41, 5.74) is 0. The van der Waals surface area contributed by atoms with Crippen molar-refractivity contribution in [1.29, 1.82) is 0 Å². The quantitative estimate of drug-likeness (QED) is 0.0261. The van der Waals surface area contributed by atoms with E-state index in [0.29, 0.717) is 19.3 Å². The first-order chi connectivity index (χ1) is 41.0. The van der Waals surface area contributed by atoms with Gasteiger partial charge in [0.25, 0.3) is 0 Å². The van der Waals surface area contributed by atoms with E-state index >= 15 is 0 Å². The first-order valence-electron chi connectivity index (χ1n) is 34.3. The molecule has 0 aliphatic rings. The van der Waals surface area contributed by atoms with Crippen molar-refractivity contribution >= 4 is 17.9 Å². The molecule has 0 saturated carbocycles. The predicted molar refractivity (Wildman–Crippen MR) is 362 cm³/mol. The lowest BCUT2D eigenvalue weighted by atomic mass is 10.0. The molecule has 0 spiro atoms. The predicted octanol–water partition coefficient (Wildman–Crippen LogP) is 23.9. The van der Waals surface area contributed by atoms with E-state index in [-0.39, 0.29) is 37.5 Å². The minimum atomic E-state index is -0.813. The second kappa shape index (κ2) is 69.8. The van der Waals surface area contributed by atoms with Crippen molar-refractivity contribution in [2.75, 3.05) is 13.2 Å². The van der Waals surface area contributed by atoms with Crippen molar-refractivity contribution in [3.63, 3.8) is 0 Å². The van der Waals surface area contributed by atoms with E-state index in [2.05, 4.69) is 167 Å². The molecule has 0 aliphatic heterocycles. The van der Waals surface area contributed by atoms with Crippen LogP contribution in [0.3, 0.4) is 0 Å². The van der Waals surface area contributed by atoms with Gasteiger partial charge in [-0.2, -0.15) is 0 Å². The average molecular weight is 1150 g/mol. The van der Waals surface area contributed by atoms with Crippen LogP contribution in [0.2, 0.25) is 0 Å². The van der Waals surface area contributed by atoms with Gasteiger partial charge in [0, 0.05) is 19.3 Å². The minimum Gasteiger partial charge on any atom is -0.462 e. The summed E-state index contributed by atoms with van der Waals surface area (Å²) in [6, 6.07) is 0. The zero-order valence-electron chi connectivity index (χ0n) is 53.9. The van der Waals surface area contributed by atoms with Crippen molar-refractivity contribution in [3.8, 4) is 0 Å². The summed E-state index contributed by atoms with van der Waals surface area (Å²) in [5.74, 6) is -0.966. The van der Waals surface area contributed by atoms with Gasteiger partial charge < -0.3 is 14.2 Å². The SMILES string of the molecule is CC/C=C\C/C=C\C/C=C\C/C=C\C/C=C\C/C=C\C/C=C\CCCC(=O)OCC(COC(=O)CCCCCCCCCCC/C=C\CCCCCCCC)OC(=O)CCCCCCCCCCCC/C=C\C/C=C\C/C=C\C/C=C\CC. The van der Waals surface area contributed by atoms with Crippen LogP contribution in [0.5, 0.6) is 0 Å². The monoisotopic (exact) mass is 1150 g/mol. The van der Waals surface area contributed by atoms with Crippen molar-refractivity contribution in [1.82, 2.24) is 0 Å². The maximum atomic E-state index is 13.0. The molecule has 0 aliphatic carbocycles. The summed E-state index contributed by atoms with van der Waals surface area (Å²) >= 11 is 0. The fourth-order valence-corrected chi connectivity index (χ4v) is 9.24. The summed E-state index contributed by atoms with van der Waals surface area (Å²) < 4.78 is 16.9. The first-order valence-corrected chi connectivity index (χ1v) is 34.3. The molecular formula is C77H126O6. The Morgan fingerprint density at radius 1 is 0.253 bits per heavy atom. The summed E-state index contributed by atoms with van der Waals surface area (Å²) in [7, 11) is 0. The van der Waals surface area contributed by atoms with Crippen LogP contribution in [0.1, 0.15) is 303 Å². The summed E-state index contributed by atoms with van der Waals surface area (Å²) in [4.78, 5) is 38.5. The molecule has 6 heteroatoms. The van der Waals surface area contributed by atoms with Crippen LogP contribution in [0.4, 0.5) is 0 Å². The molecule has 0 rings (SSSR count). The van der Waals surface area contributed by atoms with Gasteiger partial charge in [0.15, 0.2) is 6.10 Å². The Hall–Kier alpha value is -4.71. The summed E-state index contributed by atoms with van der Waals surface area (Å²) in [6.07, 6.45) is 100. The molecule has 0 aromatic rings. The standard InChI is InChI=1S/C77H126O6/c1-4-7-10-13-16-19-22-25-28-31-34-36-38-40-43-46-49-52-55-58-61-64-67-70-76(79)82-73-74(72-81-75(78)69-66-63-60-57-54-51-48-45-42-33-30-27-24-21-18-15-12-9-6-3)83-77(80)71-68-65-62-59-56-53-50-47-44-41-39-37-35-32-29-26-23-20-17-14-11-8-5-2/h7-8,10-11,16-17,19-20,25-30,34-37,40,43,49,52,58,61,74H,4-6,9,12-15,18,21-24,31-33,38-39,41-42,44-48,50-51,53-57,59-60,62-73H2,1-3H3/b10-7-,11-8-,19-16-,20-17-,28-25-,29-26-,30-27-,36-34-,37-35-,43-40-,52-49-,61-58-. The molecule has 0 bridgehead atoms. The Morgan fingerprint density at radius 3 is 0.795 bits per heavy atom. The molecule has 0 radical (unpaired) electrons. The van der Waals surface area contributed by atoms with E-state index in [4.69, 9.17) is 14.2 Å². The molecule has 83 heavy (non-hydrogen) atoms. The van der Waals surface area contributed by atoms with Crippen LogP contribution in [0.15, 0.2) is 146 Å². The Kier molecular flexibility index (Phi) is 65.8. The van der Waals surface area contributed by atoms with Gasteiger partial charge in [0.2, 0.25) is 0 Å². The largest absolute Gasteiger partial charge is 0.462 e. The van der Waals surface area contributed by atoms with Crippen molar-refractivity contribution in [2.45, 2.75) is 309 Å². The Labute approximate surface area is 512 Å². The topological polar surface area (TPSA) is 78.9 Å². The molecule has 6 nitrogen and oxygen atoms in total. The normalized spacial score (nSPS) is 13.0. The highest BCUT2D eigenvalue weighted by Gasteiger charge is 2.19. The van der Waals surface area contributed by atoms with Crippen LogP contribution < -0.4 is 0 Å². The lowest BCUT2D eigenvalue weighted by Gasteiger charge is -2.18. The Bertz CT molecular complexity index is 1800. The molecule has 0 saturated heterocycles. The molecule has 1 unspecified atom stereocenters. The number of allylic oxidation sites excluding steroid dienone is 24. The highest BCUT2D eigenvalue weighted by Crippen LogP contribution is 2.16. The molecule has 0 aromatic carbocycles. The average Bonchev–Trinajstić information content (AvgIpc) is 3.49. The zero-order valence-corrected chi connectivity index (χ0v) is 53.9. The molecular weight excluding hydrogens is 1020 g/mol. The van der Waals surface area contributed by atoms with E-state index < -0.39 is 6.10 Å². The molecule has 0 N–H and O–H groups in total. The first kappa shape index (κ1) is 78.3. The lowest BCUT2D eigenvalue weighted by Crippen LogP contribution is -2.30. The molecule has 0 heterocycles. The third-order valence-electron chi connectivity index (χ3n) is 14.3. The van der Waals surface area contributed by atoms with Gasteiger partial charge in [-0.3, -0.25) is 14.4 Å². The number of hydrogen-bond acceptors (Lipinski definition) is 6. The van der Waals surface area contributed by atoms with E-state index in [1.807, 2.05) is 0 Å². The van der Waals surface area contributed by atoms with Crippen LogP contribution >= 0.6 is 0 Å². The maximum Gasteiger partial charge on any atom is 0.306 e. The second-order valence-corrected chi connectivity index (χ2v) is 22.3. The number of carbonyl (C=O) groups is 3. The summed E-state index contributed by atoms with van der Waals surface area (Å²) in [6.45, 7) is 6.38. The number of unbranched alkanes of at least 4 members (excludes halogenated alkanes) is 26. The number of rotatable bonds is 61. The van der Waals surface area contributed by atoms with Crippen LogP contribution in [-0.4, -0.2) is 37.2 Å². The van der Waals surface area contributed by atoms with Crippen molar-refractivity contribution < 1.29 is 28.6 Å². The number of carbonyl (C=O) groups excluding carboxylic acids is 3. The fraction of sp³-hybridized carbons (Fsp3) is 0.649. The van der Waals surface area contributed by atoms with Gasteiger partial charge >= 0.3 is 17.9 Å². The number of ether oxygens (including phenoxy) is 3. The molecule has 470 valence electrons. The third kappa shape index (κ3) is 68.0. The van der Waals surface area contributed by atoms with E-state index in [0.717, 1.165) is 116 Å². The number of hydrogen-bond donors (Lipinski definition) is 0. The Morgan fingerprint density at radius 2 is 0.482 bits per heavy atom. The smallest absolute Gasteiger partial charge is 0.306 e. The molecule has 0 aromatic heterocycles. The van der Waals surface area contributed by atoms with Gasteiger partial charge in [-0.1, -0.05) is 295 Å². The van der Waals surface area contributed by atoms with Crippen molar-refractivity contribution in [2.24, 2.45) is 0 Å². The highest BCUT2D eigenvalue weighted by atomic mass is 16.6.